The van der Waals surface area contributed by atoms with E-state index in [0.717, 1.165) is 16.9 Å². The zero-order chi connectivity index (χ0) is 11.7. The fourth-order valence-electron chi connectivity index (χ4n) is 1.93. The summed E-state index contributed by atoms with van der Waals surface area (Å²) in [5, 5.41) is 0. The molecule has 0 bridgehead atoms. The van der Waals surface area contributed by atoms with Gasteiger partial charge in [-0.2, -0.15) is 4.98 Å². The number of methoxy groups -OCH3 is 1. The molecule has 84 valence electrons. The summed E-state index contributed by atoms with van der Waals surface area (Å²) in [6, 6.07) is 16.3. The van der Waals surface area contributed by atoms with Gasteiger partial charge in [0.1, 0.15) is 5.65 Å². The highest BCUT2D eigenvalue weighted by molar-refractivity contribution is 5.64. The Morgan fingerprint density at radius 1 is 1.00 bits per heavy atom. The zero-order valence-electron chi connectivity index (χ0n) is 9.50. The smallest absolute Gasteiger partial charge is 0.232 e. The van der Waals surface area contributed by atoms with Gasteiger partial charge in [-0.1, -0.05) is 36.4 Å². The number of imidazole rings is 1. The van der Waals surface area contributed by atoms with Crippen LogP contribution in [0.3, 0.4) is 0 Å². The monoisotopic (exact) mass is 224 g/mol. The molecule has 0 radical (unpaired) electrons. The van der Waals surface area contributed by atoms with Gasteiger partial charge in [0.25, 0.3) is 0 Å². The molecule has 0 unspecified atom stereocenters. The van der Waals surface area contributed by atoms with E-state index in [1.165, 1.54) is 0 Å². The predicted molar refractivity (Wildman–Crippen MR) is 67.2 cm³/mol. The molecule has 0 aliphatic carbocycles. The van der Waals surface area contributed by atoms with Gasteiger partial charge in [-0.15, -0.1) is 0 Å². The van der Waals surface area contributed by atoms with E-state index in [9.17, 15) is 0 Å². The van der Waals surface area contributed by atoms with Crippen LogP contribution in [0.2, 0.25) is 0 Å². The summed E-state index contributed by atoms with van der Waals surface area (Å²) in [6.07, 6.45) is 1.90. The third-order valence-corrected chi connectivity index (χ3v) is 2.75. The van der Waals surface area contributed by atoms with Crippen molar-refractivity contribution in [2.45, 2.75) is 0 Å². The summed E-state index contributed by atoms with van der Waals surface area (Å²) in [4.78, 5) is 4.36. The van der Waals surface area contributed by atoms with Gasteiger partial charge < -0.3 is 4.74 Å². The van der Waals surface area contributed by atoms with Crippen LogP contribution in [0.1, 0.15) is 0 Å². The molecule has 3 aromatic rings. The highest BCUT2D eigenvalue weighted by Gasteiger charge is 2.06. The van der Waals surface area contributed by atoms with Crippen molar-refractivity contribution in [2.24, 2.45) is 0 Å². The van der Waals surface area contributed by atoms with Crippen LogP contribution in [0.15, 0.2) is 54.7 Å². The molecule has 0 aliphatic heterocycles. The first-order valence-electron chi connectivity index (χ1n) is 5.46. The summed E-state index contributed by atoms with van der Waals surface area (Å²) in [6.45, 7) is 0. The van der Waals surface area contributed by atoms with E-state index in [2.05, 4.69) is 23.2 Å². The van der Waals surface area contributed by atoms with Crippen molar-refractivity contribution in [3.05, 3.63) is 54.7 Å². The highest BCUT2D eigenvalue weighted by Crippen LogP contribution is 2.22. The fourth-order valence-corrected chi connectivity index (χ4v) is 1.93. The van der Waals surface area contributed by atoms with Gasteiger partial charge in [0.2, 0.25) is 5.88 Å². The summed E-state index contributed by atoms with van der Waals surface area (Å²) >= 11 is 0. The Bertz CT molecular complexity index is 644. The van der Waals surface area contributed by atoms with Crippen LogP contribution in [0, 0.1) is 0 Å². The Morgan fingerprint density at radius 3 is 2.59 bits per heavy atom. The summed E-state index contributed by atoms with van der Waals surface area (Å²) in [7, 11) is 1.63. The number of nitrogens with zero attached hydrogens (tertiary/aromatic N) is 2. The van der Waals surface area contributed by atoms with E-state index in [1.54, 1.807) is 7.11 Å². The molecular formula is C14H12N2O. The fraction of sp³-hybridized carbons (Fsp3) is 0.0714. The number of hydrogen-bond donors (Lipinski definition) is 0. The topological polar surface area (TPSA) is 26.5 Å². The number of pyridine rings is 1. The van der Waals surface area contributed by atoms with Crippen molar-refractivity contribution in [2.75, 3.05) is 7.11 Å². The van der Waals surface area contributed by atoms with E-state index in [0.29, 0.717) is 5.88 Å². The van der Waals surface area contributed by atoms with E-state index < -0.39 is 0 Å². The number of ether oxygens (including phenoxy) is 1. The molecule has 0 spiro atoms. The minimum absolute atomic E-state index is 0.633. The maximum absolute atomic E-state index is 5.16. The molecule has 2 heterocycles. The quantitative estimate of drug-likeness (QED) is 0.669. The number of benzene rings is 1. The lowest BCUT2D eigenvalue weighted by Gasteiger charge is -2.04. The average Bonchev–Trinajstić information content (AvgIpc) is 2.82. The SMILES string of the molecule is COc1cn2c(-c3ccccc3)cccc2n1. The van der Waals surface area contributed by atoms with E-state index in [-0.39, 0.29) is 0 Å². The Labute approximate surface area is 99.3 Å². The van der Waals surface area contributed by atoms with Crippen LogP contribution in [-0.4, -0.2) is 16.5 Å². The first-order chi connectivity index (χ1) is 8.38. The molecule has 0 saturated carbocycles. The minimum Gasteiger partial charge on any atom is -0.480 e. The Balaban J connectivity index is 2.26. The molecule has 0 N–H and O–H groups in total. The number of rotatable bonds is 2. The largest absolute Gasteiger partial charge is 0.480 e. The van der Waals surface area contributed by atoms with Crippen molar-refractivity contribution < 1.29 is 4.74 Å². The van der Waals surface area contributed by atoms with E-state index in [1.807, 2.05) is 40.9 Å². The van der Waals surface area contributed by atoms with Crippen LogP contribution in [0.25, 0.3) is 16.9 Å². The summed E-state index contributed by atoms with van der Waals surface area (Å²) in [5.74, 6) is 0.633. The minimum atomic E-state index is 0.633. The van der Waals surface area contributed by atoms with Crippen molar-refractivity contribution in [1.29, 1.82) is 0 Å². The van der Waals surface area contributed by atoms with E-state index in [4.69, 9.17) is 4.74 Å². The molecule has 3 heteroatoms. The van der Waals surface area contributed by atoms with Crippen LogP contribution in [-0.2, 0) is 0 Å². The number of aromatic nitrogens is 2. The lowest BCUT2D eigenvalue weighted by molar-refractivity contribution is 0.400. The maximum Gasteiger partial charge on any atom is 0.232 e. The Morgan fingerprint density at radius 2 is 1.82 bits per heavy atom. The van der Waals surface area contributed by atoms with Gasteiger partial charge >= 0.3 is 0 Å². The molecule has 0 fully saturated rings. The second kappa shape index (κ2) is 3.94. The Hall–Kier alpha value is -2.29. The second-order valence-corrected chi connectivity index (χ2v) is 3.79. The first-order valence-corrected chi connectivity index (χ1v) is 5.46. The van der Waals surface area contributed by atoms with Gasteiger partial charge in [-0.3, -0.25) is 4.40 Å². The number of hydrogen-bond acceptors (Lipinski definition) is 2. The van der Waals surface area contributed by atoms with Crippen molar-refractivity contribution in [1.82, 2.24) is 9.38 Å². The molecular weight excluding hydrogens is 212 g/mol. The normalized spacial score (nSPS) is 10.6. The van der Waals surface area contributed by atoms with Gasteiger partial charge in [0.15, 0.2) is 0 Å². The van der Waals surface area contributed by atoms with Crippen LogP contribution in [0.5, 0.6) is 5.88 Å². The number of fused-ring (bicyclic) bond motifs is 1. The lowest BCUT2D eigenvalue weighted by atomic mass is 10.1. The zero-order valence-corrected chi connectivity index (χ0v) is 9.50. The van der Waals surface area contributed by atoms with Crippen molar-refractivity contribution >= 4 is 5.65 Å². The average molecular weight is 224 g/mol. The lowest BCUT2D eigenvalue weighted by Crippen LogP contribution is -1.89. The van der Waals surface area contributed by atoms with Crippen LogP contribution >= 0.6 is 0 Å². The standard InChI is InChI=1S/C14H12N2O/c1-17-14-10-16-12(8-5-9-13(16)15-14)11-6-3-2-4-7-11/h2-10H,1H3. The van der Waals surface area contributed by atoms with Gasteiger partial charge in [-0.25, -0.2) is 0 Å². The molecule has 3 nitrogen and oxygen atoms in total. The highest BCUT2D eigenvalue weighted by atomic mass is 16.5. The molecule has 2 aromatic heterocycles. The van der Waals surface area contributed by atoms with Crippen LogP contribution in [0.4, 0.5) is 0 Å². The molecule has 0 aliphatic rings. The van der Waals surface area contributed by atoms with E-state index >= 15 is 0 Å². The molecule has 0 saturated heterocycles. The van der Waals surface area contributed by atoms with Gasteiger partial charge in [0.05, 0.1) is 19.0 Å². The van der Waals surface area contributed by atoms with Gasteiger partial charge in [0, 0.05) is 0 Å². The van der Waals surface area contributed by atoms with Crippen LogP contribution < -0.4 is 4.74 Å². The molecule has 3 rings (SSSR count). The van der Waals surface area contributed by atoms with Crippen molar-refractivity contribution in [3.63, 3.8) is 0 Å². The Kier molecular flexibility index (Phi) is 2.29. The summed E-state index contributed by atoms with van der Waals surface area (Å²) in [5.41, 5.74) is 3.17. The van der Waals surface area contributed by atoms with Crippen molar-refractivity contribution in [3.8, 4) is 17.1 Å². The molecule has 0 amide bonds. The summed E-state index contributed by atoms with van der Waals surface area (Å²) < 4.78 is 7.19. The molecule has 0 atom stereocenters. The second-order valence-electron chi connectivity index (χ2n) is 3.79. The third kappa shape index (κ3) is 1.65. The third-order valence-electron chi connectivity index (χ3n) is 2.75. The predicted octanol–water partition coefficient (Wildman–Crippen LogP) is 3.01. The molecule has 17 heavy (non-hydrogen) atoms. The first kappa shape index (κ1) is 9.90. The maximum atomic E-state index is 5.16. The van der Waals surface area contributed by atoms with Gasteiger partial charge in [-0.05, 0) is 17.7 Å². The molecule has 1 aromatic carbocycles.